The summed E-state index contributed by atoms with van der Waals surface area (Å²) in [5.74, 6) is -1.06. The second kappa shape index (κ2) is 8.20. The smallest absolute Gasteiger partial charge is 0.297 e. The van der Waals surface area contributed by atoms with E-state index >= 15 is 0 Å². The van der Waals surface area contributed by atoms with Crippen LogP contribution in [0.3, 0.4) is 0 Å². The number of carbonyl (C=O) groups is 1. The molecule has 3 aromatic rings. The number of nitrogens with zero attached hydrogens (tertiary/aromatic N) is 2. The van der Waals surface area contributed by atoms with Gasteiger partial charge >= 0.3 is 0 Å². The van der Waals surface area contributed by atoms with Crippen molar-refractivity contribution in [2.24, 2.45) is 0 Å². The van der Waals surface area contributed by atoms with Gasteiger partial charge in [0, 0.05) is 30.0 Å². The van der Waals surface area contributed by atoms with Gasteiger partial charge in [-0.3, -0.25) is 4.79 Å². The van der Waals surface area contributed by atoms with Gasteiger partial charge in [0.15, 0.2) is 5.95 Å². The lowest BCUT2D eigenvalue weighted by Gasteiger charge is -2.05. The number of amides is 1. The maximum atomic E-state index is 13.1. The Labute approximate surface area is 157 Å². The van der Waals surface area contributed by atoms with Crippen LogP contribution < -0.4 is 15.1 Å². The van der Waals surface area contributed by atoms with Crippen molar-refractivity contribution < 1.29 is 23.5 Å². The molecule has 3 rings (SSSR count). The first-order valence-electron chi connectivity index (χ1n) is 7.57. The highest BCUT2D eigenvalue weighted by Gasteiger charge is 2.21. The molecule has 134 valence electrons. The Balaban J connectivity index is 1.59. The summed E-state index contributed by atoms with van der Waals surface area (Å²) in [5.41, 5.74) is 1.09. The zero-order valence-electron chi connectivity index (χ0n) is 13.3. The van der Waals surface area contributed by atoms with Crippen LogP contribution in [0, 0.1) is 5.82 Å². The van der Waals surface area contributed by atoms with Gasteiger partial charge < -0.3 is 14.9 Å². The molecule has 0 aliphatic carbocycles. The normalized spacial score (nSPS) is 10.7. The predicted octanol–water partition coefficient (Wildman–Crippen LogP) is 2.94. The minimum absolute atomic E-state index is 0.0680. The molecule has 0 atom stereocenters. The first-order chi connectivity index (χ1) is 12.5. The van der Waals surface area contributed by atoms with Crippen molar-refractivity contribution >= 4 is 35.0 Å². The van der Waals surface area contributed by atoms with Crippen LogP contribution in [0.5, 0.6) is 5.95 Å². The van der Waals surface area contributed by atoms with Crippen LogP contribution in [0.4, 0.5) is 10.1 Å². The fourth-order valence-corrected chi connectivity index (χ4v) is 3.21. The zero-order valence-corrected chi connectivity index (χ0v) is 14.9. The molecule has 1 heterocycles. The van der Waals surface area contributed by atoms with E-state index in [0.29, 0.717) is 17.1 Å². The molecule has 1 aromatic heterocycles. The Morgan fingerprint density at radius 3 is 2.81 bits per heavy atom. The number of anilines is 1. The highest BCUT2D eigenvalue weighted by Crippen LogP contribution is 2.24. The number of thioether (sulfide) groups is 1. The van der Waals surface area contributed by atoms with Crippen LogP contribution in [-0.2, 0) is 4.79 Å². The summed E-state index contributed by atoms with van der Waals surface area (Å²) in [4.78, 5) is 12.0. The summed E-state index contributed by atoms with van der Waals surface area (Å²) in [6, 6.07) is 13.0. The number of carbonyl (C=O) groups excluding carboxylic acids is 1. The fraction of sp³-hybridized carbons (Fsp3) is 0.118. The monoisotopic (exact) mass is 393 g/mol. The lowest BCUT2D eigenvalue weighted by atomic mass is 10.3. The van der Waals surface area contributed by atoms with Crippen molar-refractivity contribution in [1.29, 1.82) is 0 Å². The van der Waals surface area contributed by atoms with Crippen molar-refractivity contribution in [3.05, 3.63) is 59.4 Å². The van der Waals surface area contributed by atoms with Gasteiger partial charge in [-0.25, -0.2) is 4.39 Å². The van der Waals surface area contributed by atoms with E-state index in [2.05, 4.69) is 10.6 Å². The number of halogens is 2. The number of hydrogen-bond donors (Lipinski definition) is 1. The van der Waals surface area contributed by atoms with Crippen molar-refractivity contribution in [3.8, 4) is 11.6 Å². The molecule has 0 aliphatic heterocycles. The average molecular weight is 394 g/mol. The van der Waals surface area contributed by atoms with Gasteiger partial charge in [-0.05, 0) is 22.9 Å². The van der Waals surface area contributed by atoms with E-state index in [-0.39, 0.29) is 22.4 Å². The molecule has 9 heteroatoms. The molecule has 0 saturated carbocycles. The number of rotatable bonds is 6. The number of para-hydroxylation sites is 1. The van der Waals surface area contributed by atoms with E-state index in [1.165, 1.54) is 34.6 Å². The summed E-state index contributed by atoms with van der Waals surface area (Å²) < 4.78 is 19.2. The molecule has 0 radical (unpaired) electrons. The largest absolute Gasteiger partial charge is 0.538 e. The van der Waals surface area contributed by atoms with Crippen LogP contribution in [-0.4, -0.2) is 16.9 Å². The van der Waals surface area contributed by atoms with Crippen molar-refractivity contribution in [2.75, 3.05) is 11.1 Å². The standard InChI is InChI=1S/C17H13ClFN3O3S/c18-13-10-11(6-7-14(13)19)20-15(23)8-9-26-16-17(24)25-21-22(16)12-4-2-1-3-5-12/h1-7,10H,8-9H2,(H-,20,21,23,24). The lowest BCUT2D eigenvalue weighted by molar-refractivity contribution is -0.705. The second-order valence-corrected chi connectivity index (χ2v) is 6.68. The fourth-order valence-electron chi connectivity index (χ4n) is 2.13. The van der Waals surface area contributed by atoms with Crippen molar-refractivity contribution in [2.45, 2.75) is 11.4 Å². The Kier molecular flexibility index (Phi) is 5.75. The van der Waals surface area contributed by atoms with Crippen molar-refractivity contribution in [1.82, 2.24) is 5.27 Å². The van der Waals surface area contributed by atoms with Crippen LogP contribution in [0.25, 0.3) is 5.69 Å². The molecular formula is C17H13ClFN3O3S. The third kappa shape index (κ3) is 4.33. The lowest BCUT2D eigenvalue weighted by Crippen LogP contribution is -2.34. The molecule has 26 heavy (non-hydrogen) atoms. The summed E-state index contributed by atoms with van der Waals surface area (Å²) in [7, 11) is 0. The number of aromatic nitrogens is 2. The Hall–Kier alpha value is -2.58. The first-order valence-corrected chi connectivity index (χ1v) is 8.93. The molecule has 0 bridgehead atoms. The van der Waals surface area contributed by atoms with Crippen LogP contribution in [0.15, 0.2) is 58.1 Å². The predicted molar refractivity (Wildman–Crippen MR) is 92.9 cm³/mol. The molecule has 1 amide bonds. The highest BCUT2D eigenvalue weighted by molar-refractivity contribution is 7.99. The SMILES string of the molecule is O=C(CCSc1c([O-])on[n+]1-c1ccccc1)Nc1ccc(F)c(Cl)c1. The molecule has 1 N–H and O–H groups in total. The molecular weight excluding hydrogens is 381 g/mol. The molecule has 6 nitrogen and oxygen atoms in total. The van der Waals surface area contributed by atoms with Crippen molar-refractivity contribution in [3.63, 3.8) is 0 Å². The number of hydrogen-bond acceptors (Lipinski definition) is 5. The van der Waals surface area contributed by atoms with Gasteiger partial charge in [-0.15, -0.1) is 0 Å². The van der Waals surface area contributed by atoms with E-state index in [1.54, 1.807) is 12.1 Å². The molecule has 2 aromatic carbocycles. The minimum atomic E-state index is -0.565. The summed E-state index contributed by atoms with van der Waals surface area (Å²) in [6.45, 7) is 0. The van der Waals surface area contributed by atoms with E-state index in [4.69, 9.17) is 16.1 Å². The summed E-state index contributed by atoms with van der Waals surface area (Å²) >= 11 is 6.84. The highest BCUT2D eigenvalue weighted by atomic mass is 35.5. The zero-order chi connectivity index (χ0) is 18.5. The molecule has 0 saturated heterocycles. The summed E-state index contributed by atoms with van der Waals surface area (Å²) in [5, 5.41) is 18.4. The second-order valence-electron chi connectivity index (χ2n) is 5.19. The maximum Gasteiger partial charge on any atom is 0.297 e. The van der Waals surface area contributed by atoms with E-state index in [9.17, 15) is 14.3 Å². The van der Waals surface area contributed by atoms with E-state index in [0.717, 1.165) is 0 Å². The molecule has 0 aliphatic rings. The third-order valence-corrected chi connectivity index (χ3v) is 4.66. The molecule has 0 unspecified atom stereocenters. The van der Waals surface area contributed by atoms with E-state index in [1.807, 2.05) is 18.2 Å². The van der Waals surface area contributed by atoms with Crippen LogP contribution in [0.1, 0.15) is 6.42 Å². The van der Waals surface area contributed by atoms with Gasteiger partial charge in [-0.1, -0.05) is 41.6 Å². The van der Waals surface area contributed by atoms with E-state index < -0.39 is 11.8 Å². The number of nitrogens with one attached hydrogen (secondary N) is 1. The summed E-state index contributed by atoms with van der Waals surface area (Å²) in [6.07, 6.45) is 0.138. The Morgan fingerprint density at radius 1 is 1.31 bits per heavy atom. The van der Waals surface area contributed by atoms with Gasteiger partial charge in [-0.2, -0.15) is 0 Å². The van der Waals surface area contributed by atoms with Crippen LogP contribution >= 0.6 is 23.4 Å². The third-order valence-electron chi connectivity index (χ3n) is 3.34. The Bertz CT molecular complexity index is 921. The average Bonchev–Trinajstić information content (AvgIpc) is 3.00. The maximum absolute atomic E-state index is 13.1. The van der Waals surface area contributed by atoms with Gasteiger partial charge in [0.2, 0.25) is 11.6 Å². The van der Waals surface area contributed by atoms with Gasteiger partial charge in [0.25, 0.3) is 5.03 Å². The number of benzene rings is 2. The quantitative estimate of drug-likeness (QED) is 0.514. The molecule has 0 fully saturated rings. The topological polar surface area (TPSA) is 82.1 Å². The minimum Gasteiger partial charge on any atom is -0.538 e. The van der Waals surface area contributed by atoms with Crippen LogP contribution in [0.2, 0.25) is 5.02 Å². The Morgan fingerprint density at radius 2 is 2.08 bits per heavy atom. The van der Waals surface area contributed by atoms with Gasteiger partial charge in [0.05, 0.1) is 10.3 Å². The van der Waals surface area contributed by atoms with Gasteiger partial charge in [0.1, 0.15) is 5.82 Å². The molecule has 0 spiro atoms. The first kappa shape index (κ1) is 18.2.